The van der Waals surface area contributed by atoms with Gasteiger partial charge in [0, 0.05) is 25.3 Å². The van der Waals surface area contributed by atoms with E-state index in [9.17, 15) is 9.59 Å². The lowest BCUT2D eigenvalue weighted by Crippen LogP contribution is -2.32. The predicted octanol–water partition coefficient (Wildman–Crippen LogP) is 0.761. The number of fused-ring (bicyclic) bond motifs is 1. The fraction of sp³-hybridized carbons (Fsp3) is 0.286. The Morgan fingerprint density at radius 2 is 2.07 bits per heavy atom. The number of ether oxygens (including phenoxy) is 1. The van der Waals surface area contributed by atoms with Crippen LogP contribution in [0.1, 0.15) is 22.8 Å². The molecule has 0 aliphatic carbocycles. The van der Waals surface area contributed by atoms with Gasteiger partial charge in [0.1, 0.15) is 14.5 Å². The van der Waals surface area contributed by atoms with Gasteiger partial charge in [0.15, 0.2) is 0 Å². The molecule has 4 rings (SSSR count). The van der Waals surface area contributed by atoms with Crippen LogP contribution in [0.15, 0.2) is 48.8 Å². The lowest BCUT2D eigenvalue weighted by Gasteiger charge is -2.20. The Morgan fingerprint density at radius 1 is 1.30 bits per heavy atom. The summed E-state index contributed by atoms with van der Waals surface area (Å²) in [6.07, 6.45) is 3.02. The number of carbonyl (C=O) groups excluding carboxylic acids is 2. The van der Waals surface area contributed by atoms with Gasteiger partial charge in [-0.05, 0) is 17.5 Å². The van der Waals surface area contributed by atoms with E-state index in [0.29, 0.717) is 24.3 Å². The minimum Gasteiger partial charge on any atom is -0.445 e. The van der Waals surface area contributed by atoms with E-state index in [1.54, 1.807) is 9.42 Å². The second-order valence-electron chi connectivity index (χ2n) is 7.82. The van der Waals surface area contributed by atoms with Gasteiger partial charge in [-0.25, -0.2) is 9.31 Å². The maximum absolute atomic E-state index is 12.5. The van der Waals surface area contributed by atoms with Crippen LogP contribution in [0.3, 0.4) is 0 Å². The first-order chi connectivity index (χ1) is 14.4. The zero-order chi connectivity index (χ0) is 21.3. The standard InChI is InChI=1S/C21H24BN5O3/c1-13-9-26(21(29)30-12-14-5-3-2-4-6-14)11-17(13)25-19-16(20(23)28)8-24-27-10-15(22)7-18(19)27/h2-8,10,13,17,25H,9,11-12,22H2,1H3,(H2,23,28)/t13-,17+/m0/s1. The van der Waals surface area contributed by atoms with Gasteiger partial charge in [-0.15, -0.1) is 0 Å². The lowest BCUT2D eigenvalue weighted by atomic mass is 10.0. The molecule has 0 bridgehead atoms. The van der Waals surface area contributed by atoms with Crippen molar-refractivity contribution in [3.63, 3.8) is 0 Å². The number of nitrogens with one attached hydrogen (secondary N) is 1. The minimum absolute atomic E-state index is 0.0474. The number of primary amides is 1. The number of benzene rings is 1. The molecule has 3 aromatic rings. The van der Waals surface area contributed by atoms with Crippen molar-refractivity contribution < 1.29 is 14.3 Å². The minimum atomic E-state index is -0.545. The Kier molecular flexibility index (Phi) is 5.35. The van der Waals surface area contributed by atoms with Crippen molar-refractivity contribution in [3.05, 3.63) is 59.9 Å². The highest BCUT2D eigenvalue weighted by Gasteiger charge is 2.34. The van der Waals surface area contributed by atoms with Crippen LogP contribution in [0.25, 0.3) is 5.52 Å². The highest BCUT2D eigenvalue weighted by atomic mass is 16.6. The van der Waals surface area contributed by atoms with Gasteiger partial charge in [-0.1, -0.05) is 42.7 Å². The van der Waals surface area contributed by atoms with Crippen LogP contribution in [-0.4, -0.2) is 53.5 Å². The third-order valence-corrected chi connectivity index (χ3v) is 5.44. The molecule has 2 amide bonds. The van der Waals surface area contributed by atoms with Crippen molar-refractivity contribution in [3.8, 4) is 0 Å². The molecule has 2 aromatic heterocycles. The average molecular weight is 405 g/mol. The molecule has 154 valence electrons. The number of likely N-dealkylation sites (tertiary alicyclic amines) is 1. The first-order valence-corrected chi connectivity index (χ1v) is 9.92. The van der Waals surface area contributed by atoms with Crippen LogP contribution in [0.2, 0.25) is 0 Å². The largest absolute Gasteiger partial charge is 0.445 e. The molecule has 30 heavy (non-hydrogen) atoms. The third kappa shape index (κ3) is 3.96. The number of rotatable bonds is 5. The molecule has 1 fully saturated rings. The topological polar surface area (TPSA) is 102 Å². The van der Waals surface area contributed by atoms with Gasteiger partial charge in [-0.2, -0.15) is 5.10 Å². The highest BCUT2D eigenvalue weighted by molar-refractivity contribution is 6.33. The van der Waals surface area contributed by atoms with E-state index in [-0.39, 0.29) is 24.7 Å². The molecule has 2 atom stereocenters. The second-order valence-corrected chi connectivity index (χ2v) is 7.82. The zero-order valence-electron chi connectivity index (χ0n) is 17.0. The number of nitrogens with zero attached hydrogens (tertiary/aromatic N) is 3. The molecule has 1 aromatic carbocycles. The number of carbonyl (C=O) groups is 2. The van der Waals surface area contributed by atoms with E-state index in [2.05, 4.69) is 17.3 Å². The molecule has 1 aliphatic heterocycles. The summed E-state index contributed by atoms with van der Waals surface area (Å²) in [5.41, 5.74) is 9.30. The van der Waals surface area contributed by atoms with Gasteiger partial charge < -0.3 is 20.7 Å². The summed E-state index contributed by atoms with van der Waals surface area (Å²) in [6.45, 7) is 3.34. The molecule has 8 nitrogen and oxygen atoms in total. The molecular weight excluding hydrogens is 381 g/mol. The van der Waals surface area contributed by atoms with Crippen molar-refractivity contribution in [1.82, 2.24) is 14.5 Å². The predicted molar refractivity (Wildman–Crippen MR) is 117 cm³/mol. The summed E-state index contributed by atoms with van der Waals surface area (Å²) in [7, 11) is 1.96. The van der Waals surface area contributed by atoms with Crippen LogP contribution < -0.4 is 16.5 Å². The van der Waals surface area contributed by atoms with Crippen molar-refractivity contribution in [2.24, 2.45) is 11.7 Å². The molecule has 1 saturated heterocycles. The molecule has 0 saturated carbocycles. The van der Waals surface area contributed by atoms with E-state index in [4.69, 9.17) is 10.5 Å². The molecule has 1 aliphatic rings. The van der Waals surface area contributed by atoms with Crippen LogP contribution in [-0.2, 0) is 11.3 Å². The summed E-state index contributed by atoms with van der Waals surface area (Å²) in [6, 6.07) is 11.5. The van der Waals surface area contributed by atoms with Gasteiger partial charge >= 0.3 is 6.09 Å². The van der Waals surface area contributed by atoms with Gasteiger partial charge in [0.25, 0.3) is 5.91 Å². The Labute approximate surface area is 175 Å². The van der Waals surface area contributed by atoms with Crippen molar-refractivity contribution >= 4 is 36.5 Å². The molecule has 9 heteroatoms. The van der Waals surface area contributed by atoms with Crippen LogP contribution in [0.4, 0.5) is 10.5 Å². The van der Waals surface area contributed by atoms with Crippen molar-refractivity contribution in [1.29, 1.82) is 0 Å². The molecule has 3 heterocycles. The first kappa shape index (κ1) is 19.8. The number of nitrogens with two attached hydrogens (primary N) is 1. The molecule has 0 spiro atoms. The SMILES string of the molecule is Bc1cc2c(N[C@@H]3CN(C(=O)OCc4ccccc4)C[C@@H]3C)c(C(N)=O)cnn2c1. The summed E-state index contributed by atoms with van der Waals surface area (Å²) in [5, 5.41) is 7.71. The Morgan fingerprint density at radius 3 is 2.80 bits per heavy atom. The Balaban J connectivity index is 1.49. The first-order valence-electron chi connectivity index (χ1n) is 9.92. The van der Waals surface area contributed by atoms with Gasteiger partial charge in [0.2, 0.25) is 0 Å². The van der Waals surface area contributed by atoms with Crippen LogP contribution in [0, 0.1) is 5.92 Å². The zero-order valence-corrected chi connectivity index (χ0v) is 17.0. The van der Waals surface area contributed by atoms with Crippen molar-refractivity contribution in [2.45, 2.75) is 19.6 Å². The van der Waals surface area contributed by atoms with Crippen molar-refractivity contribution in [2.75, 3.05) is 18.4 Å². The number of amides is 2. The summed E-state index contributed by atoms with van der Waals surface area (Å²) < 4.78 is 7.18. The smallest absolute Gasteiger partial charge is 0.410 e. The van der Waals surface area contributed by atoms with Crippen LogP contribution >= 0.6 is 0 Å². The monoisotopic (exact) mass is 405 g/mol. The molecule has 0 radical (unpaired) electrons. The highest BCUT2D eigenvalue weighted by Crippen LogP contribution is 2.27. The quantitative estimate of drug-likeness (QED) is 0.611. The fourth-order valence-corrected chi connectivity index (χ4v) is 3.82. The molecule has 0 unspecified atom stereocenters. The lowest BCUT2D eigenvalue weighted by molar-refractivity contribution is 0.0998. The number of hydrogen-bond acceptors (Lipinski definition) is 5. The van der Waals surface area contributed by atoms with E-state index in [0.717, 1.165) is 16.5 Å². The molecular formula is C21H24BN5O3. The third-order valence-electron chi connectivity index (χ3n) is 5.44. The van der Waals surface area contributed by atoms with Gasteiger partial charge in [0.05, 0.1) is 23.0 Å². The summed E-state index contributed by atoms with van der Waals surface area (Å²) in [4.78, 5) is 26.2. The maximum atomic E-state index is 12.5. The number of hydrogen-bond donors (Lipinski definition) is 2. The summed E-state index contributed by atoms with van der Waals surface area (Å²) in [5.74, 6) is -0.379. The molecule has 3 N–H and O–H groups in total. The number of anilines is 1. The van der Waals surface area contributed by atoms with Gasteiger partial charge in [-0.3, -0.25) is 4.79 Å². The van der Waals surface area contributed by atoms with E-state index in [1.807, 2.05) is 50.4 Å². The Hall–Kier alpha value is -3.49. The fourth-order valence-electron chi connectivity index (χ4n) is 3.82. The maximum Gasteiger partial charge on any atom is 0.410 e. The van der Waals surface area contributed by atoms with E-state index < -0.39 is 5.91 Å². The summed E-state index contributed by atoms with van der Waals surface area (Å²) >= 11 is 0. The van der Waals surface area contributed by atoms with E-state index >= 15 is 0 Å². The van der Waals surface area contributed by atoms with Crippen LogP contribution in [0.5, 0.6) is 0 Å². The second kappa shape index (κ2) is 8.10. The van der Waals surface area contributed by atoms with E-state index in [1.165, 1.54) is 6.20 Å². The Bertz CT molecular complexity index is 1080. The number of aromatic nitrogens is 2. The normalized spacial score (nSPS) is 18.5. The average Bonchev–Trinajstić information content (AvgIpc) is 3.29.